The number of nitrogens with one attached hydrogen (secondary N) is 1. The van der Waals surface area contributed by atoms with Crippen LogP contribution in [0.1, 0.15) is 25.5 Å². The Morgan fingerprint density at radius 3 is 2.41 bits per heavy atom. The largest absolute Gasteiger partial charge is 0.387 e. The molecule has 2 N–H and O–H groups in total. The Kier molecular flexibility index (Phi) is 5.47. The van der Waals surface area contributed by atoms with Crippen molar-refractivity contribution >= 4 is 0 Å². The molecule has 0 bridgehead atoms. The predicted molar refractivity (Wildman–Crippen MR) is 60.1 cm³/mol. The first-order valence-corrected chi connectivity index (χ1v) is 5.49. The topological polar surface area (TPSA) is 41.5 Å². The lowest BCUT2D eigenvalue weighted by Crippen LogP contribution is -2.24. The van der Waals surface area contributed by atoms with Crippen molar-refractivity contribution in [3.63, 3.8) is 0 Å². The molecule has 0 saturated heterocycles. The van der Waals surface area contributed by atoms with Crippen LogP contribution in [-0.2, 0) is 4.84 Å². The van der Waals surface area contributed by atoms with Crippen LogP contribution in [0.25, 0.3) is 0 Å². The molecule has 0 amide bonds. The summed E-state index contributed by atoms with van der Waals surface area (Å²) in [5.74, 6) is -1.18. The van der Waals surface area contributed by atoms with E-state index in [4.69, 9.17) is 4.84 Å². The fourth-order valence-electron chi connectivity index (χ4n) is 1.29. The van der Waals surface area contributed by atoms with Gasteiger partial charge in [0.25, 0.3) is 0 Å². The minimum atomic E-state index is -1.27. The minimum absolute atomic E-state index is 0.0649. The maximum absolute atomic E-state index is 13.3. The van der Waals surface area contributed by atoms with Crippen molar-refractivity contribution in [2.75, 3.05) is 13.2 Å². The molecule has 0 aliphatic rings. The number of hydrogen-bond acceptors (Lipinski definition) is 3. The van der Waals surface area contributed by atoms with Crippen LogP contribution in [0.5, 0.6) is 0 Å². The van der Waals surface area contributed by atoms with Crippen LogP contribution in [0.15, 0.2) is 18.2 Å². The molecule has 5 heteroatoms. The van der Waals surface area contributed by atoms with Crippen molar-refractivity contribution in [1.82, 2.24) is 5.48 Å². The Bertz CT molecular complexity index is 338. The maximum atomic E-state index is 13.3. The molecule has 0 aliphatic heterocycles. The van der Waals surface area contributed by atoms with Crippen molar-refractivity contribution in [3.8, 4) is 0 Å². The van der Waals surface area contributed by atoms with Crippen molar-refractivity contribution in [2.45, 2.75) is 20.0 Å². The van der Waals surface area contributed by atoms with Gasteiger partial charge in [-0.2, -0.15) is 5.48 Å². The second-order valence-corrected chi connectivity index (χ2v) is 4.20. The van der Waals surface area contributed by atoms with E-state index in [1.54, 1.807) is 0 Å². The van der Waals surface area contributed by atoms with E-state index in [2.05, 4.69) is 5.48 Å². The fourth-order valence-corrected chi connectivity index (χ4v) is 1.29. The van der Waals surface area contributed by atoms with Crippen LogP contribution in [0, 0.1) is 17.6 Å². The number of aliphatic hydroxyl groups excluding tert-OH is 1. The Balaban J connectivity index is 2.49. The van der Waals surface area contributed by atoms with Gasteiger partial charge in [-0.3, -0.25) is 0 Å². The van der Waals surface area contributed by atoms with Gasteiger partial charge in [-0.15, -0.1) is 0 Å². The Morgan fingerprint density at radius 2 is 1.88 bits per heavy atom. The zero-order chi connectivity index (χ0) is 12.8. The second kappa shape index (κ2) is 6.64. The third kappa shape index (κ3) is 4.38. The highest BCUT2D eigenvalue weighted by atomic mass is 19.1. The van der Waals surface area contributed by atoms with Crippen LogP contribution >= 0.6 is 0 Å². The molecule has 0 saturated carbocycles. The molecule has 0 heterocycles. The SMILES string of the molecule is CC(C)CONCC(O)c1c(F)cccc1F. The van der Waals surface area contributed by atoms with Crippen LogP contribution in [0.3, 0.4) is 0 Å². The van der Waals surface area contributed by atoms with E-state index in [0.29, 0.717) is 12.5 Å². The standard InChI is InChI=1S/C12H17F2NO2/c1-8(2)7-17-15-6-11(16)12-9(13)4-3-5-10(12)14/h3-5,8,11,15-16H,6-7H2,1-2H3. The zero-order valence-electron chi connectivity index (χ0n) is 9.91. The summed E-state index contributed by atoms with van der Waals surface area (Å²) < 4.78 is 26.5. The van der Waals surface area contributed by atoms with Gasteiger partial charge in [0.2, 0.25) is 0 Å². The fraction of sp³-hybridized carbons (Fsp3) is 0.500. The van der Waals surface area contributed by atoms with Crippen LogP contribution in [0.2, 0.25) is 0 Å². The summed E-state index contributed by atoms with van der Waals surface area (Å²) in [6.07, 6.45) is -1.27. The molecule has 3 nitrogen and oxygen atoms in total. The van der Waals surface area contributed by atoms with E-state index in [0.717, 1.165) is 12.1 Å². The average Bonchev–Trinajstić information content (AvgIpc) is 2.24. The van der Waals surface area contributed by atoms with Gasteiger partial charge in [0.1, 0.15) is 11.6 Å². The van der Waals surface area contributed by atoms with Crippen molar-refractivity contribution in [2.24, 2.45) is 5.92 Å². The Hall–Kier alpha value is -1.04. The summed E-state index contributed by atoms with van der Waals surface area (Å²) in [6.45, 7) is 4.33. The van der Waals surface area contributed by atoms with Gasteiger partial charge >= 0.3 is 0 Å². The number of rotatable bonds is 6. The first-order valence-electron chi connectivity index (χ1n) is 5.49. The molecule has 1 aromatic carbocycles. The molecule has 0 spiro atoms. The Labute approximate surface area is 99.4 Å². The molecule has 1 aromatic rings. The smallest absolute Gasteiger partial charge is 0.131 e. The van der Waals surface area contributed by atoms with Crippen molar-refractivity contribution in [3.05, 3.63) is 35.4 Å². The lowest BCUT2D eigenvalue weighted by Gasteiger charge is -2.14. The van der Waals surface area contributed by atoms with E-state index in [1.165, 1.54) is 6.07 Å². The summed E-state index contributed by atoms with van der Waals surface area (Å²) in [4.78, 5) is 5.01. The molecule has 0 fully saturated rings. The monoisotopic (exact) mass is 245 g/mol. The van der Waals surface area contributed by atoms with Crippen LogP contribution in [-0.4, -0.2) is 18.3 Å². The first-order chi connectivity index (χ1) is 8.02. The normalized spacial score (nSPS) is 13.1. The summed E-state index contributed by atoms with van der Waals surface area (Å²) in [5.41, 5.74) is 2.15. The summed E-state index contributed by atoms with van der Waals surface area (Å²) in [6, 6.07) is 3.47. The highest BCUT2D eigenvalue weighted by Crippen LogP contribution is 2.19. The average molecular weight is 245 g/mol. The summed E-state index contributed by atoms with van der Waals surface area (Å²) in [7, 11) is 0. The third-order valence-electron chi connectivity index (χ3n) is 2.13. The van der Waals surface area contributed by atoms with Gasteiger partial charge in [0.05, 0.1) is 24.8 Å². The molecule has 96 valence electrons. The van der Waals surface area contributed by atoms with Gasteiger partial charge in [0, 0.05) is 0 Å². The zero-order valence-corrected chi connectivity index (χ0v) is 9.91. The second-order valence-electron chi connectivity index (χ2n) is 4.20. The molecule has 0 aromatic heterocycles. The molecule has 17 heavy (non-hydrogen) atoms. The highest BCUT2D eigenvalue weighted by Gasteiger charge is 2.17. The van der Waals surface area contributed by atoms with Crippen molar-refractivity contribution in [1.29, 1.82) is 0 Å². The van der Waals surface area contributed by atoms with E-state index >= 15 is 0 Å². The van der Waals surface area contributed by atoms with Crippen LogP contribution < -0.4 is 5.48 Å². The number of halogens is 2. The van der Waals surface area contributed by atoms with Gasteiger partial charge in [-0.05, 0) is 18.1 Å². The first kappa shape index (κ1) is 14.0. The maximum Gasteiger partial charge on any atom is 0.131 e. The van der Waals surface area contributed by atoms with E-state index in [1.807, 2.05) is 13.8 Å². The predicted octanol–water partition coefficient (Wildman–Crippen LogP) is 2.18. The molecule has 0 aliphatic carbocycles. The molecule has 1 rings (SSSR count). The number of hydrogen-bond donors (Lipinski definition) is 2. The van der Waals surface area contributed by atoms with Crippen LogP contribution in [0.4, 0.5) is 8.78 Å². The molecule has 1 atom stereocenters. The van der Waals surface area contributed by atoms with Gasteiger partial charge in [0.15, 0.2) is 0 Å². The minimum Gasteiger partial charge on any atom is -0.387 e. The number of benzene rings is 1. The summed E-state index contributed by atoms with van der Waals surface area (Å²) >= 11 is 0. The van der Waals surface area contributed by atoms with Crippen molar-refractivity contribution < 1.29 is 18.7 Å². The third-order valence-corrected chi connectivity index (χ3v) is 2.13. The number of aliphatic hydroxyl groups is 1. The molecule has 0 radical (unpaired) electrons. The highest BCUT2D eigenvalue weighted by molar-refractivity contribution is 5.22. The summed E-state index contributed by atoms with van der Waals surface area (Å²) in [5, 5.41) is 9.62. The molecular weight excluding hydrogens is 228 g/mol. The number of hydroxylamine groups is 1. The Morgan fingerprint density at radius 1 is 1.29 bits per heavy atom. The lowest BCUT2D eigenvalue weighted by molar-refractivity contribution is -0.000806. The van der Waals surface area contributed by atoms with E-state index < -0.39 is 17.7 Å². The molecule has 1 unspecified atom stereocenters. The van der Waals surface area contributed by atoms with Gasteiger partial charge < -0.3 is 9.94 Å². The van der Waals surface area contributed by atoms with Gasteiger partial charge in [-0.25, -0.2) is 8.78 Å². The quantitative estimate of drug-likeness (QED) is 0.596. The van der Waals surface area contributed by atoms with E-state index in [-0.39, 0.29) is 12.1 Å². The molecular formula is C12H17F2NO2. The van der Waals surface area contributed by atoms with Gasteiger partial charge in [-0.1, -0.05) is 19.9 Å². The lowest BCUT2D eigenvalue weighted by atomic mass is 10.1. The van der Waals surface area contributed by atoms with E-state index in [9.17, 15) is 13.9 Å².